The lowest BCUT2D eigenvalue weighted by Crippen LogP contribution is -1.94. The Morgan fingerprint density at radius 2 is 1.40 bits per heavy atom. The monoisotopic (exact) mass is 295 g/mol. The van der Waals surface area contributed by atoms with Crippen LogP contribution in [-0.4, -0.2) is 0 Å². The second-order valence-corrected chi connectivity index (χ2v) is 6.21. The van der Waals surface area contributed by atoms with Crippen LogP contribution in [0.25, 0.3) is 0 Å². The number of nitrogen functional groups attached to an aromatic ring is 1. The molecule has 0 bridgehead atoms. The number of hydrogen-bond donors (Lipinski definition) is 1. The topological polar surface area (TPSA) is 26.0 Å². The van der Waals surface area contributed by atoms with Gasteiger partial charge in [0, 0.05) is 10.7 Å². The highest BCUT2D eigenvalue weighted by Crippen LogP contribution is 2.20. The highest BCUT2D eigenvalue weighted by atomic mass is 35.5. The quantitative estimate of drug-likeness (QED) is 0.372. The zero-order valence-electron chi connectivity index (χ0n) is 13.0. The molecule has 0 aromatic heterocycles. The Morgan fingerprint density at radius 3 is 2.00 bits per heavy atom. The minimum atomic E-state index is 0.793. The van der Waals surface area contributed by atoms with E-state index in [0.29, 0.717) is 0 Å². The van der Waals surface area contributed by atoms with E-state index in [1.165, 1.54) is 69.8 Å². The Balaban J connectivity index is 1.98. The molecule has 1 nitrogen and oxygen atoms in total. The third kappa shape index (κ3) is 7.79. The Morgan fingerprint density at radius 1 is 0.850 bits per heavy atom. The van der Waals surface area contributed by atoms with E-state index >= 15 is 0 Å². The van der Waals surface area contributed by atoms with Crippen LogP contribution in [-0.2, 0) is 6.42 Å². The van der Waals surface area contributed by atoms with Crippen LogP contribution in [0.4, 0.5) is 5.69 Å². The average molecular weight is 296 g/mol. The van der Waals surface area contributed by atoms with Gasteiger partial charge in [0.2, 0.25) is 0 Å². The highest BCUT2D eigenvalue weighted by Gasteiger charge is 2.00. The van der Waals surface area contributed by atoms with Crippen molar-refractivity contribution in [3.63, 3.8) is 0 Å². The van der Waals surface area contributed by atoms with E-state index in [2.05, 4.69) is 6.92 Å². The molecule has 114 valence electrons. The summed E-state index contributed by atoms with van der Waals surface area (Å²) >= 11 is 5.99. The lowest BCUT2D eigenvalue weighted by molar-refractivity contribution is 0.556. The third-order valence-corrected chi connectivity index (χ3v) is 4.14. The maximum atomic E-state index is 5.99. The molecular weight excluding hydrogens is 266 g/mol. The maximum absolute atomic E-state index is 5.99. The van der Waals surface area contributed by atoms with Crippen molar-refractivity contribution in [2.24, 2.45) is 0 Å². The van der Waals surface area contributed by atoms with Gasteiger partial charge in [-0.25, -0.2) is 0 Å². The second kappa shape index (κ2) is 11.0. The minimum Gasteiger partial charge on any atom is -0.399 e. The van der Waals surface area contributed by atoms with Crippen LogP contribution in [0.5, 0.6) is 0 Å². The fourth-order valence-electron chi connectivity index (χ4n) is 2.59. The molecule has 0 saturated carbocycles. The van der Waals surface area contributed by atoms with Crippen molar-refractivity contribution in [3.8, 4) is 0 Å². The van der Waals surface area contributed by atoms with E-state index in [0.717, 1.165) is 17.1 Å². The summed E-state index contributed by atoms with van der Waals surface area (Å²) in [7, 11) is 0. The van der Waals surface area contributed by atoms with Crippen molar-refractivity contribution < 1.29 is 0 Å². The number of anilines is 1. The molecule has 0 saturated heterocycles. The summed E-state index contributed by atoms with van der Waals surface area (Å²) in [6, 6.07) is 5.78. The molecule has 0 fully saturated rings. The molecule has 2 heteroatoms. The van der Waals surface area contributed by atoms with Gasteiger partial charge in [-0.05, 0) is 36.6 Å². The van der Waals surface area contributed by atoms with Gasteiger partial charge in [-0.2, -0.15) is 0 Å². The highest BCUT2D eigenvalue weighted by molar-refractivity contribution is 6.30. The van der Waals surface area contributed by atoms with E-state index in [4.69, 9.17) is 17.3 Å². The van der Waals surface area contributed by atoms with E-state index in [-0.39, 0.29) is 0 Å². The Hall–Kier alpha value is -0.690. The van der Waals surface area contributed by atoms with Crippen LogP contribution >= 0.6 is 11.6 Å². The average Bonchev–Trinajstić information content (AvgIpc) is 2.44. The summed E-state index contributed by atoms with van der Waals surface area (Å²) in [5, 5.41) is 0.793. The second-order valence-electron chi connectivity index (χ2n) is 5.78. The first-order valence-electron chi connectivity index (χ1n) is 8.28. The van der Waals surface area contributed by atoms with E-state index < -0.39 is 0 Å². The van der Waals surface area contributed by atoms with Crippen LogP contribution in [0.2, 0.25) is 5.02 Å². The molecule has 0 aliphatic rings. The summed E-state index contributed by atoms with van der Waals surface area (Å²) in [5.41, 5.74) is 8.04. The number of hydrogen-bond acceptors (Lipinski definition) is 1. The normalized spacial score (nSPS) is 10.9. The summed E-state index contributed by atoms with van der Waals surface area (Å²) in [4.78, 5) is 0. The van der Waals surface area contributed by atoms with Crippen LogP contribution in [0.1, 0.15) is 76.7 Å². The van der Waals surface area contributed by atoms with E-state index in [1.54, 1.807) is 0 Å². The van der Waals surface area contributed by atoms with Crippen LogP contribution in [0.15, 0.2) is 18.2 Å². The van der Waals surface area contributed by atoms with Gasteiger partial charge in [0.15, 0.2) is 0 Å². The lowest BCUT2D eigenvalue weighted by atomic mass is 10.0. The molecular formula is C18H30ClN. The van der Waals surface area contributed by atoms with Gasteiger partial charge in [-0.1, -0.05) is 76.3 Å². The Kier molecular flexibility index (Phi) is 9.57. The van der Waals surface area contributed by atoms with Gasteiger partial charge in [-0.3, -0.25) is 0 Å². The molecule has 0 amide bonds. The standard InChI is InChI=1S/C18H30ClN/c1-2-3-4-5-6-7-8-9-10-11-12-16-15-17(19)13-14-18(16)20/h13-15H,2-12,20H2,1H3. The fourth-order valence-corrected chi connectivity index (χ4v) is 2.79. The van der Waals surface area contributed by atoms with Crippen LogP contribution in [0, 0.1) is 0 Å². The molecule has 0 unspecified atom stereocenters. The number of halogens is 1. The molecule has 0 heterocycles. The molecule has 0 aliphatic heterocycles. The number of benzene rings is 1. The molecule has 1 rings (SSSR count). The minimum absolute atomic E-state index is 0.793. The van der Waals surface area contributed by atoms with Gasteiger partial charge < -0.3 is 5.73 Å². The summed E-state index contributed by atoms with van der Waals surface area (Å²) in [5.74, 6) is 0. The Bertz CT molecular complexity index is 362. The van der Waals surface area contributed by atoms with Crippen molar-refractivity contribution in [1.82, 2.24) is 0 Å². The van der Waals surface area contributed by atoms with Crippen molar-refractivity contribution in [3.05, 3.63) is 28.8 Å². The first-order chi connectivity index (χ1) is 9.74. The molecule has 0 spiro atoms. The van der Waals surface area contributed by atoms with Crippen molar-refractivity contribution in [1.29, 1.82) is 0 Å². The predicted molar refractivity (Wildman–Crippen MR) is 91.4 cm³/mol. The van der Waals surface area contributed by atoms with Crippen molar-refractivity contribution >= 4 is 17.3 Å². The Labute approximate surface area is 129 Å². The molecule has 0 aliphatic carbocycles. The van der Waals surface area contributed by atoms with Crippen LogP contribution in [0.3, 0.4) is 0 Å². The van der Waals surface area contributed by atoms with E-state index in [1.807, 2.05) is 18.2 Å². The molecule has 20 heavy (non-hydrogen) atoms. The molecule has 1 aromatic carbocycles. The number of rotatable bonds is 11. The zero-order valence-corrected chi connectivity index (χ0v) is 13.7. The summed E-state index contributed by atoms with van der Waals surface area (Å²) in [6.07, 6.45) is 14.7. The molecule has 0 radical (unpaired) electrons. The largest absolute Gasteiger partial charge is 0.399 e. The lowest BCUT2D eigenvalue weighted by Gasteiger charge is -2.06. The van der Waals surface area contributed by atoms with Crippen molar-refractivity contribution in [2.45, 2.75) is 77.6 Å². The summed E-state index contributed by atoms with van der Waals surface area (Å²) < 4.78 is 0. The first kappa shape index (κ1) is 17.4. The number of aryl methyl sites for hydroxylation is 1. The SMILES string of the molecule is CCCCCCCCCCCCc1cc(Cl)ccc1N. The van der Waals surface area contributed by atoms with Crippen LogP contribution < -0.4 is 5.73 Å². The molecule has 1 aromatic rings. The zero-order chi connectivity index (χ0) is 14.6. The number of unbranched alkanes of at least 4 members (excludes halogenated alkanes) is 9. The summed E-state index contributed by atoms with van der Waals surface area (Å²) in [6.45, 7) is 2.27. The molecule has 2 N–H and O–H groups in total. The van der Waals surface area contributed by atoms with E-state index in [9.17, 15) is 0 Å². The smallest absolute Gasteiger partial charge is 0.0410 e. The fraction of sp³-hybridized carbons (Fsp3) is 0.667. The number of nitrogens with two attached hydrogens (primary N) is 1. The first-order valence-corrected chi connectivity index (χ1v) is 8.65. The van der Waals surface area contributed by atoms with Gasteiger partial charge >= 0.3 is 0 Å². The maximum Gasteiger partial charge on any atom is 0.0410 e. The third-order valence-electron chi connectivity index (χ3n) is 3.90. The van der Waals surface area contributed by atoms with Gasteiger partial charge in [0.25, 0.3) is 0 Å². The van der Waals surface area contributed by atoms with Gasteiger partial charge in [0.05, 0.1) is 0 Å². The van der Waals surface area contributed by atoms with Gasteiger partial charge in [0.1, 0.15) is 0 Å². The molecule has 0 atom stereocenters. The van der Waals surface area contributed by atoms with Gasteiger partial charge in [-0.15, -0.1) is 0 Å². The van der Waals surface area contributed by atoms with Crippen molar-refractivity contribution in [2.75, 3.05) is 5.73 Å². The predicted octanol–water partition coefficient (Wildman–Crippen LogP) is 6.39.